The van der Waals surface area contributed by atoms with Gasteiger partial charge in [-0.05, 0) is 85.1 Å². The summed E-state index contributed by atoms with van der Waals surface area (Å²) in [5.74, 6) is -1.04. The lowest BCUT2D eigenvalue weighted by Gasteiger charge is -2.36. The van der Waals surface area contributed by atoms with Gasteiger partial charge in [0.15, 0.2) is 5.11 Å². The van der Waals surface area contributed by atoms with Gasteiger partial charge in [-0.2, -0.15) is 0 Å². The fourth-order valence-corrected chi connectivity index (χ4v) is 4.54. The molecule has 1 aliphatic carbocycles. The minimum atomic E-state index is -0.791. The van der Waals surface area contributed by atoms with Crippen LogP contribution in [-0.4, -0.2) is 53.0 Å². The number of ether oxygens (including phenoxy) is 1. The highest BCUT2D eigenvalue weighted by Gasteiger charge is 2.35. The van der Waals surface area contributed by atoms with Gasteiger partial charge in [-0.15, -0.1) is 0 Å². The summed E-state index contributed by atoms with van der Waals surface area (Å²) >= 11 is 7.59. The molecule has 1 unspecified atom stereocenters. The average molecular weight is 543 g/mol. The lowest BCUT2D eigenvalue weighted by atomic mass is 9.98. The number of halogens is 1. The predicted octanol–water partition coefficient (Wildman–Crippen LogP) is 2.68. The minimum Gasteiger partial charge on any atom is -0.462 e. The van der Waals surface area contributed by atoms with E-state index in [-0.39, 0.29) is 29.5 Å². The first-order valence-corrected chi connectivity index (χ1v) is 11.7. The molecule has 1 aromatic rings. The number of carbonyl (C=O) groups excluding carboxylic acids is 3. The molecule has 1 aromatic carbocycles. The van der Waals surface area contributed by atoms with E-state index < -0.39 is 12.0 Å². The Morgan fingerprint density at radius 2 is 2.03 bits per heavy atom. The van der Waals surface area contributed by atoms with E-state index in [0.717, 1.165) is 34.8 Å². The molecule has 0 bridgehead atoms. The SMILES string of the molecule is Cc1ccc(C(=O)NC(=S)N2CCNC(=O)C2CC(=O)OC2CCCCC2)cc1I. The van der Waals surface area contributed by atoms with Crippen molar-refractivity contribution in [2.75, 3.05) is 13.1 Å². The van der Waals surface area contributed by atoms with Crippen molar-refractivity contribution in [1.82, 2.24) is 15.5 Å². The molecule has 2 aliphatic rings. The molecule has 162 valence electrons. The summed E-state index contributed by atoms with van der Waals surface area (Å²) in [5, 5.41) is 5.60. The number of nitrogens with one attached hydrogen (secondary N) is 2. The number of benzene rings is 1. The maximum atomic E-state index is 12.6. The average Bonchev–Trinajstić information content (AvgIpc) is 2.72. The largest absolute Gasteiger partial charge is 0.462 e. The second kappa shape index (κ2) is 10.5. The molecule has 2 amide bonds. The highest BCUT2D eigenvalue weighted by atomic mass is 127. The Hall–Kier alpha value is -1.75. The van der Waals surface area contributed by atoms with Gasteiger partial charge >= 0.3 is 5.97 Å². The monoisotopic (exact) mass is 543 g/mol. The minimum absolute atomic E-state index is 0.0676. The lowest BCUT2D eigenvalue weighted by molar-refractivity contribution is -0.153. The summed E-state index contributed by atoms with van der Waals surface area (Å²) in [5.41, 5.74) is 1.57. The highest BCUT2D eigenvalue weighted by Crippen LogP contribution is 2.21. The first kappa shape index (κ1) is 22.9. The maximum Gasteiger partial charge on any atom is 0.308 e. The third-order valence-corrected chi connectivity index (χ3v) is 6.96. The molecule has 2 N–H and O–H groups in total. The van der Waals surface area contributed by atoms with Gasteiger partial charge in [0.25, 0.3) is 5.91 Å². The summed E-state index contributed by atoms with van der Waals surface area (Å²) in [4.78, 5) is 39.1. The third-order valence-electron chi connectivity index (χ3n) is 5.46. The summed E-state index contributed by atoms with van der Waals surface area (Å²) < 4.78 is 6.55. The number of esters is 1. The first-order valence-electron chi connectivity index (χ1n) is 10.2. The number of aryl methyl sites for hydroxylation is 1. The molecule has 0 aromatic heterocycles. The Labute approximate surface area is 195 Å². The van der Waals surface area contributed by atoms with Crippen molar-refractivity contribution in [3.63, 3.8) is 0 Å². The van der Waals surface area contributed by atoms with Gasteiger partial charge in [0.1, 0.15) is 12.1 Å². The fraction of sp³-hybridized carbons (Fsp3) is 0.524. The van der Waals surface area contributed by atoms with Crippen LogP contribution in [0.4, 0.5) is 0 Å². The Morgan fingerprint density at radius 3 is 2.73 bits per heavy atom. The van der Waals surface area contributed by atoms with Crippen LogP contribution in [0.1, 0.15) is 54.4 Å². The summed E-state index contributed by atoms with van der Waals surface area (Å²) in [6, 6.07) is 4.60. The molecule has 0 spiro atoms. The summed E-state index contributed by atoms with van der Waals surface area (Å²) in [7, 11) is 0. The van der Waals surface area contributed by atoms with E-state index in [0.29, 0.717) is 18.7 Å². The van der Waals surface area contributed by atoms with Crippen LogP contribution in [0.3, 0.4) is 0 Å². The molecule has 2 fully saturated rings. The van der Waals surface area contributed by atoms with Crippen molar-refractivity contribution < 1.29 is 19.1 Å². The van der Waals surface area contributed by atoms with Crippen molar-refractivity contribution >= 4 is 57.7 Å². The Morgan fingerprint density at radius 1 is 1.30 bits per heavy atom. The van der Waals surface area contributed by atoms with Crippen molar-refractivity contribution in [2.24, 2.45) is 0 Å². The quantitative estimate of drug-likeness (QED) is 0.345. The van der Waals surface area contributed by atoms with Gasteiger partial charge in [0.05, 0.1) is 6.42 Å². The van der Waals surface area contributed by atoms with Gasteiger partial charge in [-0.3, -0.25) is 19.7 Å². The zero-order valence-electron chi connectivity index (χ0n) is 16.9. The van der Waals surface area contributed by atoms with Crippen LogP contribution in [0, 0.1) is 10.5 Å². The second-order valence-electron chi connectivity index (χ2n) is 7.68. The van der Waals surface area contributed by atoms with Crippen LogP contribution in [0.5, 0.6) is 0 Å². The van der Waals surface area contributed by atoms with Crippen LogP contribution in [0.15, 0.2) is 18.2 Å². The zero-order valence-corrected chi connectivity index (χ0v) is 19.9. The Balaban J connectivity index is 1.63. The molecule has 1 saturated heterocycles. The van der Waals surface area contributed by atoms with Gasteiger partial charge in [0, 0.05) is 22.2 Å². The van der Waals surface area contributed by atoms with E-state index >= 15 is 0 Å². The number of hydrogen-bond donors (Lipinski definition) is 2. The normalized spacial score (nSPS) is 19.7. The molecule has 9 heteroatoms. The van der Waals surface area contributed by atoms with E-state index in [1.54, 1.807) is 17.0 Å². The lowest BCUT2D eigenvalue weighted by Crippen LogP contribution is -2.60. The molecule has 0 radical (unpaired) electrons. The molecule has 1 aliphatic heterocycles. The standard InChI is InChI=1S/C21H26IN3O4S/c1-13-7-8-14(11-16(13)22)19(27)24-21(30)25-10-9-23-20(28)17(25)12-18(26)29-15-5-3-2-4-6-15/h7-8,11,15,17H,2-6,9-10,12H2,1H3,(H,23,28)(H,24,27,30). The molecular weight excluding hydrogens is 517 g/mol. The van der Waals surface area contributed by atoms with Crippen LogP contribution in [0.25, 0.3) is 0 Å². The topological polar surface area (TPSA) is 87.7 Å². The third kappa shape index (κ3) is 5.90. The number of carbonyl (C=O) groups is 3. The summed E-state index contributed by atoms with van der Waals surface area (Å²) in [6.07, 6.45) is 4.86. The molecule has 1 heterocycles. The van der Waals surface area contributed by atoms with Crippen molar-refractivity contribution in [2.45, 2.75) is 57.6 Å². The summed E-state index contributed by atoms with van der Waals surface area (Å²) in [6.45, 7) is 2.78. The Kier molecular flexibility index (Phi) is 8.04. The van der Waals surface area contributed by atoms with Gasteiger partial charge in [-0.25, -0.2) is 0 Å². The van der Waals surface area contributed by atoms with E-state index in [1.807, 2.05) is 13.0 Å². The smallest absolute Gasteiger partial charge is 0.308 e. The number of rotatable bonds is 4. The van der Waals surface area contributed by atoms with Crippen LogP contribution in [0.2, 0.25) is 0 Å². The van der Waals surface area contributed by atoms with E-state index in [2.05, 4.69) is 33.2 Å². The van der Waals surface area contributed by atoms with Crippen LogP contribution < -0.4 is 10.6 Å². The molecular formula is C21H26IN3O4S. The van der Waals surface area contributed by atoms with E-state index in [9.17, 15) is 14.4 Å². The van der Waals surface area contributed by atoms with Crippen molar-refractivity contribution in [3.05, 3.63) is 32.9 Å². The van der Waals surface area contributed by atoms with Crippen molar-refractivity contribution in [3.8, 4) is 0 Å². The number of thiocarbonyl (C=S) groups is 1. The molecule has 1 atom stereocenters. The Bertz CT molecular complexity index is 842. The highest BCUT2D eigenvalue weighted by molar-refractivity contribution is 14.1. The van der Waals surface area contributed by atoms with Gasteiger partial charge in [0.2, 0.25) is 5.91 Å². The maximum absolute atomic E-state index is 12.6. The van der Waals surface area contributed by atoms with Crippen LogP contribution in [-0.2, 0) is 14.3 Å². The van der Waals surface area contributed by atoms with E-state index in [1.165, 1.54) is 6.42 Å². The number of nitrogens with zero attached hydrogens (tertiary/aromatic N) is 1. The number of amides is 2. The molecule has 1 saturated carbocycles. The molecule has 7 nitrogen and oxygen atoms in total. The first-order chi connectivity index (χ1) is 14.3. The van der Waals surface area contributed by atoms with Gasteiger partial charge < -0.3 is 15.0 Å². The predicted molar refractivity (Wildman–Crippen MR) is 125 cm³/mol. The van der Waals surface area contributed by atoms with E-state index in [4.69, 9.17) is 17.0 Å². The van der Waals surface area contributed by atoms with Crippen LogP contribution >= 0.6 is 34.8 Å². The zero-order chi connectivity index (χ0) is 21.7. The fourth-order valence-electron chi connectivity index (χ4n) is 3.71. The number of hydrogen-bond acceptors (Lipinski definition) is 5. The van der Waals surface area contributed by atoms with Gasteiger partial charge in [-0.1, -0.05) is 12.5 Å². The second-order valence-corrected chi connectivity index (χ2v) is 9.23. The van der Waals surface area contributed by atoms with Crippen molar-refractivity contribution in [1.29, 1.82) is 0 Å². The molecule has 30 heavy (non-hydrogen) atoms. The molecule has 3 rings (SSSR count). The number of piperazine rings is 1.